The summed E-state index contributed by atoms with van der Waals surface area (Å²) >= 11 is 0. The Morgan fingerprint density at radius 2 is 2.04 bits per heavy atom. The van der Waals surface area contributed by atoms with Crippen LogP contribution in [0.15, 0.2) is 48.7 Å². The summed E-state index contributed by atoms with van der Waals surface area (Å²) in [6, 6.07) is 13.3. The van der Waals surface area contributed by atoms with Crippen LogP contribution in [0.4, 0.5) is 0 Å². The standard InChI is InChI=1S/C21H25N3O3/c1-3-18-15-23(21(26)17-9-11-22-19(13-17)27-2)12-10-20(25)24(18)14-16-7-5-4-6-8-16/h4-9,11,13,18H,3,10,12,14-15H2,1-2H3/t18-/m1/s1. The summed E-state index contributed by atoms with van der Waals surface area (Å²) in [6.45, 7) is 3.57. The third-order valence-corrected chi connectivity index (χ3v) is 4.93. The number of ether oxygens (including phenoxy) is 1. The number of pyridine rings is 1. The lowest BCUT2D eigenvalue weighted by Crippen LogP contribution is -2.43. The molecule has 0 bridgehead atoms. The van der Waals surface area contributed by atoms with E-state index in [-0.39, 0.29) is 17.9 Å². The molecule has 2 aromatic rings. The van der Waals surface area contributed by atoms with Crippen LogP contribution in [-0.2, 0) is 11.3 Å². The minimum atomic E-state index is -0.0940. The average molecular weight is 367 g/mol. The van der Waals surface area contributed by atoms with E-state index in [2.05, 4.69) is 11.9 Å². The van der Waals surface area contributed by atoms with Gasteiger partial charge >= 0.3 is 0 Å². The summed E-state index contributed by atoms with van der Waals surface area (Å²) in [5, 5.41) is 0. The van der Waals surface area contributed by atoms with Crippen LogP contribution in [0.2, 0.25) is 0 Å². The number of aromatic nitrogens is 1. The van der Waals surface area contributed by atoms with Crippen molar-refractivity contribution in [1.29, 1.82) is 0 Å². The van der Waals surface area contributed by atoms with Gasteiger partial charge in [-0.05, 0) is 18.1 Å². The number of methoxy groups -OCH3 is 1. The van der Waals surface area contributed by atoms with Gasteiger partial charge in [-0.15, -0.1) is 0 Å². The molecule has 1 aliphatic heterocycles. The van der Waals surface area contributed by atoms with Gasteiger partial charge in [0.25, 0.3) is 5.91 Å². The van der Waals surface area contributed by atoms with Crippen LogP contribution in [0.3, 0.4) is 0 Å². The molecule has 1 aromatic carbocycles. The zero-order valence-electron chi connectivity index (χ0n) is 15.8. The van der Waals surface area contributed by atoms with Crippen molar-refractivity contribution in [3.05, 3.63) is 59.8 Å². The maximum Gasteiger partial charge on any atom is 0.254 e. The molecule has 1 aliphatic rings. The quantitative estimate of drug-likeness (QED) is 0.815. The second kappa shape index (κ2) is 8.66. The van der Waals surface area contributed by atoms with Crippen molar-refractivity contribution in [3.8, 4) is 5.88 Å². The molecular weight excluding hydrogens is 342 g/mol. The molecule has 27 heavy (non-hydrogen) atoms. The highest BCUT2D eigenvalue weighted by Crippen LogP contribution is 2.20. The Hall–Kier alpha value is -2.89. The molecule has 0 N–H and O–H groups in total. The monoisotopic (exact) mass is 367 g/mol. The number of rotatable bonds is 5. The number of hydrogen-bond donors (Lipinski definition) is 0. The highest BCUT2D eigenvalue weighted by atomic mass is 16.5. The molecule has 1 atom stereocenters. The summed E-state index contributed by atoms with van der Waals surface area (Å²) < 4.78 is 5.12. The molecule has 0 unspecified atom stereocenters. The predicted molar refractivity (Wildman–Crippen MR) is 102 cm³/mol. The maximum absolute atomic E-state index is 13.0. The van der Waals surface area contributed by atoms with E-state index in [1.165, 1.54) is 7.11 Å². The third kappa shape index (κ3) is 4.45. The van der Waals surface area contributed by atoms with Crippen LogP contribution in [0.5, 0.6) is 5.88 Å². The van der Waals surface area contributed by atoms with Gasteiger partial charge in [0.15, 0.2) is 0 Å². The molecule has 142 valence electrons. The van der Waals surface area contributed by atoms with Crippen LogP contribution >= 0.6 is 0 Å². The summed E-state index contributed by atoms with van der Waals surface area (Å²) in [5.41, 5.74) is 1.63. The molecule has 0 spiro atoms. The van der Waals surface area contributed by atoms with E-state index in [0.717, 1.165) is 12.0 Å². The van der Waals surface area contributed by atoms with Gasteiger partial charge in [0.1, 0.15) is 0 Å². The van der Waals surface area contributed by atoms with E-state index >= 15 is 0 Å². The van der Waals surface area contributed by atoms with E-state index in [4.69, 9.17) is 4.74 Å². The molecule has 1 fully saturated rings. The Morgan fingerprint density at radius 1 is 1.26 bits per heavy atom. The smallest absolute Gasteiger partial charge is 0.254 e. The van der Waals surface area contributed by atoms with Gasteiger partial charge < -0.3 is 14.5 Å². The van der Waals surface area contributed by atoms with Gasteiger partial charge in [-0.1, -0.05) is 37.3 Å². The molecule has 0 aliphatic carbocycles. The molecular formula is C21H25N3O3. The van der Waals surface area contributed by atoms with Crippen LogP contribution in [0, 0.1) is 0 Å². The molecule has 2 amide bonds. The molecule has 1 aromatic heterocycles. The van der Waals surface area contributed by atoms with Crippen molar-refractivity contribution in [2.24, 2.45) is 0 Å². The van der Waals surface area contributed by atoms with Gasteiger partial charge in [-0.25, -0.2) is 4.98 Å². The van der Waals surface area contributed by atoms with E-state index in [1.54, 1.807) is 23.2 Å². The molecule has 1 saturated heterocycles. The summed E-state index contributed by atoms with van der Waals surface area (Å²) in [7, 11) is 1.52. The van der Waals surface area contributed by atoms with Crippen molar-refractivity contribution >= 4 is 11.8 Å². The zero-order valence-corrected chi connectivity index (χ0v) is 15.8. The Balaban J connectivity index is 1.78. The first kappa shape index (κ1) is 18.9. The fourth-order valence-electron chi connectivity index (χ4n) is 3.39. The number of benzene rings is 1. The van der Waals surface area contributed by atoms with Gasteiger partial charge in [0, 0.05) is 49.9 Å². The van der Waals surface area contributed by atoms with E-state index in [9.17, 15) is 9.59 Å². The van der Waals surface area contributed by atoms with Gasteiger partial charge in [-0.2, -0.15) is 0 Å². The van der Waals surface area contributed by atoms with Gasteiger partial charge in [0.05, 0.1) is 7.11 Å². The maximum atomic E-state index is 13.0. The fraction of sp³-hybridized carbons (Fsp3) is 0.381. The molecule has 6 nitrogen and oxygen atoms in total. The summed E-state index contributed by atoms with van der Waals surface area (Å²) in [5.74, 6) is 0.404. The first-order valence-electron chi connectivity index (χ1n) is 9.25. The Kier molecular flexibility index (Phi) is 6.06. The summed E-state index contributed by atoms with van der Waals surface area (Å²) in [6.07, 6.45) is 2.69. The number of amides is 2. The zero-order chi connectivity index (χ0) is 19.2. The number of carbonyl (C=O) groups is 2. The Morgan fingerprint density at radius 3 is 2.74 bits per heavy atom. The van der Waals surface area contributed by atoms with Crippen molar-refractivity contribution in [1.82, 2.24) is 14.8 Å². The topological polar surface area (TPSA) is 62.7 Å². The largest absolute Gasteiger partial charge is 0.481 e. The minimum absolute atomic E-state index is 0.00658. The van der Waals surface area contributed by atoms with E-state index in [0.29, 0.717) is 37.5 Å². The summed E-state index contributed by atoms with van der Waals surface area (Å²) in [4.78, 5) is 33.5. The first-order chi connectivity index (χ1) is 13.1. The van der Waals surface area contributed by atoms with Crippen molar-refractivity contribution in [3.63, 3.8) is 0 Å². The normalized spacial score (nSPS) is 17.6. The number of hydrogen-bond acceptors (Lipinski definition) is 4. The highest BCUT2D eigenvalue weighted by Gasteiger charge is 2.31. The van der Waals surface area contributed by atoms with Gasteiger partial charge in [0.2, 0.25) is 11.8 Å². The third-order valence-electron chi connectivity index (χ3n) is 4.93. The van der Waals surface area contributed by atoms with Crippen molar-refractivity contribution in [2.75, 3.05) is 20.2 Å². The first-order valence-corrected chi connectivity index (χ1v) is 9.25. The Labute approximate surface area is 159 Å². The van der Waals surface area contributed by atoms with Crippen LogP contribution in [0.25, 0.3) is 0 Å². The van der Waals surface area contributed by atoms with E-state index in [1.807, 2.05) is 35.2 Å². The minimum Gasteiger partial charge on any atom is -0.481 e. The second-order valence-corrected chi connectivity index (χ2v) is 6.66. The van der Waals surface area contributed by atoms with Crippen LogP contribution in [-0.4, -0.2) is 52.8 Å². The lowest BCUT2D eigenvalue weighted by Gasteiger charge is -2.31. The van der Waals surface area contributed by atoms with Crippen molar-refractivity contribution < 1.29 is 14.3 Å². The van der Waals surface area contributed by atoms with Gasteiger partial charge in [-0.3, -0.25) is 9.59 Å². The molecule has 3 rings (SSSR count). The molecule has 2 heterocycles. The average Bonchev–Trinajstić information content (AvgIpc) is 2.87. The number of nitrogens with zero attached hydrogens (tertiary/aromatic N) is 3. The van der Waals surface area contributed by atoms with Crippen molar-refractivity contribution in [2.45, 2.75) is 32.4 Å². The Bertz CT molecular complexity index is 794. The van der Waals surface area contributed by atoms with E-state index < -0.39 is 0 Å². The fourth-order valence-corrected chi connectivity index (χ4v) is 3.39. The highest BCUT2D eigenvalue weighted by molar-refractivity contribution is 5.95. The second-order valence-electron chi connectivity index (χ2n) is 6.66. The lowest BCUT2D eigenvalue weighted by molar-refractivity contribution is -0.133. The molecule has 6 heteroatoms. The van der Waals surface area contributed by atoms with Crippen LogP contribution in [0.1, 0.15) is 35.7 Å². The van der Waals surface area contributed by atoms with Crippen LogP contribution < -0.4 is 4.74 Å². The lowest BCUT2D eigenvalue weighted by atomic mass is 10.1. The molecule has 0 saturated carbocycles. The number of carbonyl (C=O) groups excluding carboxylic acids is 2. The SMILES string of the molecule is CC[C@@H]1CN(C(=O)c2ccnc(OC)c2)CCC(=O)N1Cc1ccccc1. The molecule has 0 radical (unpaired) electrons. The predicted octanol–water partition coefficient (Wildman–Crippen LogP) is 2.74.